The second kappa shape index (κ2) is 10.3. The van der Waals surface area contributed by atoms with E-state index in [0.29, 0.717) is 34.5 Å². The van der Waals surface area contributed by atoms with Crippen molar-refractivity contribution in [3.63, 3.8) is 0 Å². The minimum atomic E-state index is -0.528. The normalized spacial score (nSPS) is 11.0. The molecule has 0 saturated carbocycles. The van der Waals surface area contributed by atoms with E-state index < -0.39 is 11.4 Å². The Kier molecular flexibility index (Phi) is 6.71. The summed E-state index contributed by atoms with van der Waals surface area (Å²) in [6.07, 6.45) is 5.07. The van der Waals surface area contributed by atoms with Gasteiger partial charge in [-0.25, -0.2) is 9.37 Å². The molecule has 5 rings (SSSR count). The molecular weight excluding hydrogens is 483 g/mol. The zero-order valence-electron chi connectivity index (χ0n) is 21.2. The molecule has 8 nitrogen and oxygen atoms in total. The van der Waals surface area contributed by atoms with Gasteiger partial charge in [0.1, 0.15) is 35.3 Å². The minimum absolute atomic E-state index is 0.0215. The zero-order chi connectivity index (χ0) is 26.8. The number of hydrogen-bond donors (Lipinski definition) is 1. The molecule has 1 N–H and O–H groups in total. The van der Waals surface area contributed by atoms with Gasteiger partial charge in [0.2, 0.25) is 0 Å². The molecule has 0 aliphatic heterocycles. The number of nitrogens with zero attached hydrogens (tertiary/aromatic N) is 5. The Labute approximate surface area is 218 Å². The van der Waals surface area contributed by atoms with Gasteiger partial charge in [-0.2, -0.15) is 10.4 Å². The molecule has 0 bridgehead atoms. The number of benzene rings is 1. The van der Waals surface area contributed by atoms with Crippen molar-refractivity contribution in [3.05, 3.63) is 105 Å². The van der Waals surface area contributed by atoms with Crippen LogP contribution in [0.1, 0.15) is 40.6 Å². The van der Waals surface area contributed by atoms with Crippen LogP contribution in [0.15, 0.2) is 59.8 Å². The molecule has 0 spiro atoms. The van der Waals surface area contributed by atoms with Gasteiger partial charge >= 0.3 is 0 Å². The summed E-state index contributed by atoms with van der Waals surface area (Å²) in [7, 11) is 0. The summed E-state index contributed by atoms with van der Waals surface area (Å²) in [5.74, 6) is -0.0201. The van der Waals surface area contributed by atoms with Crippen molar-refractivity contribution in [3.8, 4) is 23.1 Å². The van der Waals surface area contributed by atoms with Gasteiger partial charge < -0.3 is 9.30 Å². The number of pyridine rings is 3. The van der Waals surface area contributed by atoms with E-state index in [0.717, 1.165) is 27.9 Å². The molecular formula is C29H25FN6O2. The summed E-state index contributed by atoms with van der Waals surface area (Å²) in [4.78, 5) is 21.7. The van der Waals surface area contributed by atoms with Crippen molar-refractivity contribution >= 4 is 10.9 Å². The van der Waals surface area contributed by atoms with Crippen molar-refractivity contribution in [2.45, 2.75) is 40.3 Å². The summed E-state index contributed by atoms with van der Waals surface area (Å²) in [5.41, 5.74) is 5.42. The van der Waals surface area contributed by atoms with Crippen LogP contribution in [0, 0.1) is 31.0 Å². The van der Waals surface area contributed by atoms with Gasteiger partial charge in [0, 0.05) is 39.7 Å². The van der Waals surface area contributed by atoms with Crippen molar-refractivity contribution in [2.24, 2.45) is 0 Å². The Morgan fingerprint density at radius 1 is 1.16 bits per heavy atom. The van der Waals surface area contributed by atoms with Crippen LogP contribution in [-0.4, -0.2) is 24.7 Å². The molecule has 0 saturated heterocycles. The Bertz CT molecular complexity index is 1770. The second-order valence-electron chi connectivity index (χ2n) is 9.01. The van der Waals surface area contributed by atoms with Gasteiger partial charge in [-0.3, -0.25) is 14.9 Å². The van der Waals surface area contributed by atoms with E-state index in [1.165, 1.54) is 16.8 Å². The lowest BCUT2D eigenvalue weighted by Gasteiger charge is -2.17. The first-order valence-corrected chi connectivity index (χ1v) is 12.2. The summed E-state index contributed by atoms with van der Waals surface area (Å²) in [6.45, 7) is 5.79. The molecule has 0 atom stereocenters. The minimum Gasteiger partial charge on any atom is -0.486 e. The lowest BCUT2D eigenvalue weighted by molar-refractivity contribution is 0.300. The highest BCUT2D eigenvalue weighted by molar-refractivity contribution is 5.97. The molecule has 4 heterocycles. The van der Waals surface area contributed by atoms with Crippen molar-refractivity contribution in [1.82, 2.24) is 24.7 Å². The van der Waals surface area contributed by atoms with Gasteiger partial charge in [-0.15, -0.1) is 0 Å². The van der Waals surface area contributed by atoms with Gasteiger partial charge in [-0.05, 0) is 50.1 Å². The number of nitriles is 1. The van der Waals surface area contributed by atoms with Crippen molar-refractivity contribution in [1.29, 1.82) is 5.26 Å². The number of nitrogens with one attached hydrogen (secondary N) is 1. The fourth-order valence-electron chi connectivity index (χ4n) is 4.62. The number of fused-ring (bicyclic) bond motifs is 1. The summed E-state index contributed by atoms with van der Waals surface area (Å²) < 4.78 is 22.8. The Balaban J connectivity index is 1.55. The molecule has 0 aliphatic carbocycles. The number of H-pyrrole nitrogens is 1. The third-order valence-electron chi connectivity index (χ3n) is 6.54. The SMILES string of the molecule is CCc1ncc(F)c(COc2cccc3c(-c4[nH]ncc4C)cc(C)nc23)c1Cn1cccc(C#N)c1=O. The van der Waals surface area contributed by atoms with E-state index in [1.54, 1.807) is 24.5 Å². The number of aromatic nitrogens is 5. The monoisotopic (exact) mass is 508 g/mol. The number of halogens is 1. The highest BCUT2D eigenvalue weighted by Crippen LogP contribution is 2.34. The smallest absolute Gasteiger partial charge is 0.268 e. The summed E-state index contributed by atoms with van der Waals surface area (Å²) in [6, 6.07) is 12.6. The standard InChI is InChI=1S/C29H25FN6O2/c1-4-25-22(15-36-10-6-7-19(12-31)29(36)37)23(24(30)14-32-25)16-38-26-9-5-8-20-21(11-18(3)34-28(20)26)27-17(2)13-33-35-27/h5-11,13-14H,4,15-16H2,1-3H3,(H,33,35). The van der Waals surface area contributed by atoms with Crippen molar-refractivity contribution < 1.29 is 9.13 Å². The van der Waals surface area contributed by atoms with Crippen LogP contribution in [0.5, 0.6) is 5.75 Å². The van der Waals surface area contributed by atoms with E-state index in [1.807, 2.05) is 45.0 Å². The lowest BCUT2D eigenvalue weighted by Crippen LogP contribution is -2.24. The number of rotatable bonds is 7. The third-order valence-corrected chi connectivity index (χ3v) is 6.54. The fraction of sp³-hybridized carbons (Fsp3) is 0.207. The largest absolute Gasteiger partial charge is 0.486 e. The summed E-state index contributed by atoms with van der Waals surface area (Å²) >= 11 is 0. The average Bonchev–Trinajstić information content (AvgIpc) is 3.34. The second-order valence-corrected chi connectivity index (χ2v) is 9.01. The van der Waals surface area contributed by atoms with Crippen molar-refractivity contribution in [2.75, 3.05) is 0 Å². The van der Waals surface area contributed by atoms with Crippen LogP contribution < -0.4 is 10.3 Å². The van der Waals surface area contributed by atoms with Gasteiger partial charge in [0.05, 0.1) is 24.6 Å². The maximum Gasteiger partial charge on any atom is 0.268 e. The maximum atomic E-state index is 15.2. The predicted octanol–water partition coefficient (Wildman–Crippen LogP) is 5.00. The fourth-order valence-corrected chi connectivity index (χ4v) is 4.62. The molecule has 0 amide bonds. The van der Waals surface area contributed by atoms with Crippen LogP contribution >= 0.6 is 0 Å². The third kappa shape index (κ3) is 4.52. The first-order chi connectivity index (χ1) is 18.4. The topological polar surface area (TPSA) is 109 Å². The van der Waals surface area contributed by atoms with Crippen LogP contribution in [-0.2, 0) is 19.6 Å². The molecule has 1 aromatic carbocycles. The highest BCUT2D eigenvalue weighted by Gasteiger charge is 2.18. The van der Waals surface area contributed by atoms with Gasteiger partial charge in [-0.1, -0.05) is 19.1 Å². The highest BCUT2D eigenvalue weighted by atomic mass is 19.1. The predicted molar refractivity (Wildman–Crippen MR) is 141 cm³/mol. The van der Waals surface area contributed by atoms with E-state index >= 15 is 4.39 Å². The van der Waals surface area contributed by atoms with Crippen LogP contribution in [0.4, 0.5) is 4.39 Å². The van der Waals surface area contributed by atoms with Gasteiger partial charge in [0.25, 0.3) is 5.56 Å². The van der Waals surface area contributed by atoms with Gasteiger partial charge in [0.15, 0.2) is 0 Å². The van der Waals surface area contributed by atoms with Crippen LogP contribution in [0.3, 0.4) is 0 Å². The molecule has 0 radical (unpaired) electrons. The first kappa shape index (κ1) is 24.8. The lowest BCUT2D eigenvalue weighted by atomic mass is 10.0. The number of ether oxygens (including phenoxy) is 1. The first-order valence-electron chi connectivity index (χ1n) is 12.2. The zero-order valence-corrected chi connectivity index (χ0v) is 21.2. The average molecular weight is 509 g/mol. The number of aromatic amines is 1. The number of para-hydroxylation sites is 1. The quantitative estimate of drug-likeness (QED) is 0.331. The molecule has 9 heteroatoms. The summed E-state index contributed by atoms with van der Waals surface area (Å²) in [5, 5.41) is 17.3. The van der Waals surface area contributed by atoms with E-state index in [4.69, 9.17) is 9.72 Å². The Morgan fingerprint density at radius 2 is 2.00 bits per heavy atom. The molecule has 0 unspecified atom stereocenters. The number of hydrogen-bond acceptors (Lipinski definition) is 6. The van der Waals surface area contributed by atoms with E-state index in [2.05, 4.69) is 15.2 Å². The molecule has 38 heavy (non-hydrogen) atoms. The molecule has 190 valence electrons. The molecule has 0 aliphatic rings. The maximum absolute atomic E-state index is 15.2. The number of aryl methyl sites for hydroxylation is 3. The van der Waals surface area contributed by atoms with E-state index in [9.17, 15) is 10.1 Å². The van der Waals surface area contributed by atoms with Crippen LogP contribution in [0.2, 0.25) is 0 Å². The molecule has 0 fully saturated rings. The molecule has 5 aromatic rings. The van der Waals surface area contributed by atoms with Crippen LogP contribution in [0.25, 0.3) is 22.2 Å². The Morgan fingerprint density at radius 3 is 2.74 bits per heavy atom. The molecule has 4 aromatic heterocycles. The van der Waals surface area contributed by atoms with E-state index in [-0.39, 0.29) is 18.7 Å². The Hall–Kier alpha value is -4.84.